The molecule has 0 unspecified atom stereocenters. The Morgan fingerprint density at radius 2 is 1.07 bits per heavy atom. The maximum atomic E-state index is 9.45. The largest absolute Gasteiger partial charge is 0.280 e. The van der Waals surface area contributed by atoms with Gasteiger partial charge in [0.1, 0.15) is 0 Å². The number of carbonyl (C=O) groups excluding carboxylic acids is 1. The molecule has 4 aliphatic rings. The molecule has 0 spiro atoms. The molecule has 0 atom stereocenters. The number of rotatable bonds is 1. The maximum absolute atomic E-state index is 9.45. The summed E-state index contributed by atoms with van der Waals surface area (Å²) in [5.74, 6) is 4.61. The van der Waals surface area contributed by atoms with Crippen molar-refractivity contribution in [3.63, 3.8) is 0 Å². The summed E-state index contributed by atoms with van der Waals surface area (Å²) in [6.07, 6.45) is 9.62. The fourth-order valence-corrected chi connectivity index (χ4v) is 3.98. The fraction of sp³-hybridized carbons (Fsp3) is 0.917. The topological polar surface area (TPSA) is 17.1 Å². The predicted octanol–water partition coefficient (Wildman–Crippen LogP) is 3.82. The molecule has 0 heterocycles. The monoisotopic (exact) mass is 248 g/mol. The first-order valence-electron chi connectivity index (χ1n) is 5.91. The molecule has 4 saturated carbocycles. The molecule has 0 aromatic heterocycles. The van der Waals surface area contributed by atoms with Crippen molar-refractivity contribution in [3.8, 4) is 0 Å². The number of alkyl halides is 1. The van der Waals surface area contributed by atoms with Crippen LogP contribution in [0.4, 0.5) is 0 Å². The number of carbonyl (C=O) groups is 1. The fourth-order valence-electron chi connectivity index (χ4n) is 3.98. The van der Waals surface area contributed by atoms with E-state index in [1.165, 1.54) is 23.7 Å². The molecular formula is C12H18Cl2O. The van der Waals surface area contributed by atoms with Gasteiger partial charge in [-0.3, -0.25) is 4.79 Å². The van der Waals surface area contributed by atoms with Crippen molar-refractivity contribution in [2.75, 3.05) is 5.88 Å². The van der Waals surface area contributed by atoms with Gasteiger partial charge in [-0.25, -0.2) is 0 Å². The van der Waals surface area contributed by atoms with Gasteiger partial charge in [-0.2, -0.15) is 0 Å². The summed E-state index contributed by atoms with van der Waals surface area (Å²) < 4.78 is 0. The highest BCUT2D eigenvalue weighted by atomic mass is 35.5. The second-order valence-electron chi connectivity index (χ2n) is 5.37. The molecule has 3 heteroatoms. The van der Waals surface area contributed by atoms with E-state index in [1.54, 1.807) is 38.5 Å². The Morgan fingerprint density at radius 1 is 0.867 bits per heavy atom. The van der Waals surface area contributed by atoms with E-state index in [9.17, 15) is 4.79 Å². The first-order chi connectivity index (χ1) is 7.17. The van der Waals surface area contributed by atoms with Gasteiger partial charge in [0.05, 0.1) is 5.88 Å². The summed E-state index contributed by atoms with van der Waals surface area (Å²) in [4.78, 5) is 9.45. The van der Waals surface area contributed by atoms with Gasteiger partial charge in [-0.05, 0) is 73.8 Å². The predicted molar refractivity (Wildman–Crippen MR) is 63.2 cm³/mol. The third kappa shape index (κ3) is 3.10. The van der Waals surface area contributed by atoms with Crippen LogP contribution in [0.3, 0.4) is 0 Å². The average Bonchev–Trinajstić information content (AvgIpc) is 2.16. The van der Waals surface area contributed by atoms with E-state index >= 15 is 0 Å². The summed E-state index contributed by atoms with van der Waals surface area (Å²) in [7, 11) is 0. The van der Waals surface area contributed by atoms with Crippen LogP contribution < -0.4 is 0 Å². The van der Waals surface area contributed by atoms with Crippen LogP contribution in [0.5, 0.6) is 0 Å². The second kappa shape index (κ2) is 5.05. The van der Waals surface area contributed by atoms with Crippen LogP contribution in [0.25, 0.3) is 0 Å². The first kappa shape index (κ1) is 11.7. The quantitative estimate of drug-likeness (QED) is 0.510. The maximum Gasteiger partial charge on any atom is 0.236 e. The lowest BCUT2D eigenvalue weighted by Gasteiger charge is -2.49. The van der Waals surface area contributed by atoms with Crippen molar-refractivity contribution < 1.29 is 4.79 Å². The van der Waals surface area contributed by atoms with E-state index in [-0.39, 0.29) is 5.88 Å². The summed E-state index contributed by atoms with van der Waals surface area (Å²) in [6, 6.07) is 0. The molecule has 4 fully saturated rings. The van der Waals surface area contributed by atoms with Crippen LogP contribution in [0.15, 0.2) is 0 Å². The first-order valence-corrected chi connectivity index (χ1v) is 6.83. The molecule has 0 N–H and O–H groups in total. The van der Waals surface area contributed by atoms with E-state index in [2.05, 4.69) is 0 Å². The van der Waals surface area contributed by atoms with Crippen molar-refractivity contribution in [3.05, 3.63) is 0 Å². The van der Waals surface area contributed by atoms with Crippen molar-refractivity contribution in [2.45, 2.75) is 38.5 Å². The van der Waals surface area contributed by atoms with E-state index in [0.717, 1.165) is 0 Å². The van der Waals surface area contributed by atoms with Gasteiger partial charge in [0.25, 0.3) is 0 Å². The molecule has 4 bridgehead atoms. The molecule has 0 saturated heterocycles. The Hall–Kier alpha value is 0.250. The molecular weight excluding hydrogens is 231 g/mol. The Morgan fingerprint density at radius 3 is 1.20 bits per heavy atom. The van der Waals surface area contributed by atoms with Gasteiger partial charge in [0.2, 0.25) is 5.24 Å². The van der Waals surface area contributed by atoms with Crippen molar-refractivity contribution in [1.82, 2.24) is 0 Å². The minimum absolute atomic E-state index is 0.0957. The van der Waals surface area contributed by atoms with E-state index < -0.39 is 5.24 Å². The van der Waals surface area contributed by atoms with Crippen molar-refractivity contribution in [2.24, 2.45) is 23.7 Å². The molecule has 1 nitrogen and oxygen atoms in total. The molecule has 4 rings (SSSR count). The Balaban J connectivity index is 0.000000149. The number of hydrogen-bond donors (Lipinski definition) is 0. The van der Waals surface area contributed by atoms with Gasteiger partial charge in [0, 0.05) is 0 Å². The number of halogens is 2. The van der Waals surface area contributed by atoms with Gasteiger partial charge in [-0.15, -0.1) is 11.6 Å². The van der Waals surface area contributed by atoms with Gasteiger partial charge in [0.15, 0.2) is 0 Å². The standard InChI is InChI=1S/C10H16.C2H2Cl2O/c1-7-2-9-4-8(1)5-10(3-7)6-9;3-1-2(4)5/h7-10H,1-6H2;1H2. The lowest BCUT2D eigenvalue weighted by molar-refractivity contribution is -0.109. The van der Waals surface area contributed by atoms with Gasteiger partial charge >= 0.3 is 0 Å². The van der Waals surface area contributed by atoms with Crippen LogP contribution in [0.2, 0.25) is 0 Å². The minimum Gasteiger partial charge on any atom is -0.280 e. The molecule has 15 heavy (non-hydrogen) atoms. The van der Waals surface area contributed by atoms with Crippen LogP contribution >= 0.6 is 23.2 Å². The molecule has 0 amide bonds. The SMILES string of the molecule is C1C2CC3CC1CC(C2)C3.O=C(Cl)CCl. The zero-order chi connectivity index (χ0) is 10.8. The summed E-state index contributed by atoms with van der Waals surface area (Å²) >= 11 is 9.55. The molecule has 0 aromatic carbocycles. The number of hydrogen-bond acceptors (Lipinski definition) is 1. The molecule has 4 aliphatic carbocycles. The molecule has 0 aromatic rings. The van der Waals surface area contributed by atoms with Crippen LogP contribution in [0.1, 0.15) is 38.5 Å². The third-order valence-corrected chi connectivity index (χ3v) is 4.62. The van der Waals surface area contributed by atoms with Gasteiger partial charge in [-0.1, -0.05) is 0 Å². The average molecular weight is 249 g/mol. The van der Waals surface area contributed by atoms with Crippen molar-refractivity contribution in [1.29, 1.82) is 0 Å². The Labute approximate surface area is 102 Å². The zero-order valence-electron chi connectivity index (χ0n) is 8.92. The molecule has 86 valence electrons. The zero-order valence-corrected chi connectivity index (χ0v) is 10.4. The highest BCUT2D eigenvalue weighted by Crippen LogP contribution is 2.53. The summed E-state index contributed by atoms with van der Waals surface area (Å²) in [6.45, 7) is 0. The normalized spacial score (nSPS) is 40.9. The molecule has 0 aliphatic heterocycles. The Kier molecular flexibility index (Phi) is 3.95. The van der Waals surface area contributed by atoms with Crippen LogP contribution in [-0.2, 0) is 4.79 Å². The lowest BCUT2D eigenvalue weighted by atomic mass is 9.56. The third-order valence-electron chi connectivity index (χ3n) is 4.11. The van der Waals surface area contributed by atoms with Crippen molar-refractivity contribution >= 4 is 28.4 Å². The van der Waals surface area contributed by atoms with E-state index in [4.69, 9.17) is 23.2 Å². The van der Waals surface area contributed by atoms with E-state index in [1.807, 2.05) is 0 Å². The Bertz CT molecular complexity index is 183. The van der Waals surface area contributed by atoms with Gasteiger partial charge < -0.3 is 0 Å². The summed E-state index contributed by atoms with van der Waals surface area (Å²) in [5.41, 5.74) is 0. The highest BCUT2D eigenvalue weighted by Gasteiger charge is 2.41. The second-order valence-corrected chi connectivity index (χ2v) is 6.06. The lowest BCUT2D eigenvalue weighted by Crippen LogP contribution is -2.38. The smallest absolute Gasteiger partial charge is 0.236 e. The van der Waals surface area contributed by atoms with E-state index in [0.29, 0.717) is 0 Å². The summed E-state index contributed by atoms with van der Waals surface area (Å²) in [5, 5.41) is -0.508. The minimum atomic E-state index is -0.508. The highest BCUT2D eigenvalue weighted by molar-refractivity contribution is 6.67. The van der Waals surface area contributed by atoms with Crippen LogP contribution in [0, 0.1) is 23.7 Å². The van der Waals surface area contributed by atoms with Crippen LogP contribution in [-0.4, -0.2) is 11.1 Å². The molecule has 0 radical (unpaired) electrons.